The molecule has 1 fully saturated rings. The highest BCUT2D eigenvalue weighted by molar-refractivity contribution is 9.09. The Hall–Kier alpha value is 0.400. The highest BCUT2D eigenvalue weighted by Gasteiger charge is 2.34. The lowest BCUT2D eigenvalue weighted by Crippen LogP contribution is -2.43. The van der Waals surface area contributed by atoms with Crippen LogP contribution in [0.5, 0.6) is 0 Å². The topological polar surface area (TPSA) is 18.5 Å². The molecule has 0 radical (unpaired) electrons. The van der Waals surface area contributed by atoms with Crippen LogP contribution < -0.4 is 0 Å². The van der Waals surface area contributed by atoms with Crippen molar-refractivity contribution in [1.82, 2.24) is 0 Å². The predicted molar refractivity (Wildman–Crippen MR) is 71.3 cm³/mol. The lowest BCUT2D eigenvalue weighted by Gasteiger charge is -2.39. The van der Waals surface area contributed by atoms with Gasteiger partial charge in [0.15, 0.2) is 0 Å². The number of alkyl halides is 1. The van der Waals surface area contributed by atoms with Crippen LogP contribution in [0.3, 0.4) is 0 Å². The third-order valence-corrected chi connectivity index (χ3v) is 4.95. The third-order valence-electron chi connectivity index (χ3n) is 3.93. The molecule has 0 aromatic carbocycles. The summed E-state index contributed by atoms with van der Waals surface area (Å²) in [6.07, 6.45) is 7.29. The van der Waals surface area contributed by atoms with E-state index in [0.29, 0.717) is 6.61 Å². The van der Waals surface area contributed by atoms with Crippen LogP contribution in [0.4, 0.5) is 0 Å². The van der Waals surface area contributed by atoms with Gasteiger partial charge in [-0.15, -0.1) is 0 Å². The first-order chi connectivity index (χ1) is 7.60. The quantitative estimate of drug-likeness (QED) is 0.691. The summed E-state index contributed by atoms with van der Waals surface area (Å²) >= 11 is 3.61. The van der Waals surface area contributed by atoms with Gasteiger partial charge in [0, 0.05) is 12.4 Å². The van der Waals surface area contributed by atoms with Crippen molar-refractivity contribution in [2.24, 2.45) is 0 Å². The molecule has 0 amide bonds. The Morgan fingerprint density at radius 2 is 1.88 bits per heavy atom. The molecular weight excluding hydrogens is 268 g/mol. The normalized spacial score (nSPS) is 24.0. The van der Waals surface area contributed by atoms with Crippen molar-refractivity contribution in [2.75, 3.05) is 19.0 Å². The van der Waals surface area contributed by atoms with Crippen molar-refractivity contribution >= 4 is 15.9 Å². The highest BCUT2D eigenvalue weighted by Crippen LogP contribution is 2.34. The van der Waals surface area contributed by atoms with Gasteiger partial charge in [0.1, 0.15) is 0 Å². The van der Waals surface area contributed by atoms with Crippen LogP contribution >= 0.6 is 15.9 Å². The van der Waals surface area contributed by atoms with E-state index in [9.17, 15) is 0 Å². The van der Waals surface area contributed by atoms with Gasteiger partial charge < -0.3 is 9.47 Å². The van der Waals surface area contributed by atoms with E-state index in [1.54, 1.807) is 7.11 Å². The minimum absolute atomic E-state index is 0.0627. The van der Waals surface area contributed by atoms with E-state index in [-0.39, 0.29) is 11.2 Å². The number of halogens is 1. The first kappa shape index (κ1) is 14.5. The zero-order chi connectivity index (χ0) is 12.1. The molecule has 1 aliphatic carbocycles. The molecule has 0 aromatic rings. The minimum Gasteiger partial charge on any atom is -0.376 e. The Labute approximate surface area is 108 Å². The molecule has 1 rings (SSSR count). The Balaban J connectivity index is 2.50. The maximum Gasteiger partial charge on any atom is 0.0880 e. The third kappa shape index (κ3) is 3.71. The van der Waals surface area contributed by atoms with E-state index in [0.717, 1.165) is 11.8 Å². The molecule has 1 saturated carbocycles. The monoisotopic (exact) mass is 292 g/mol. The number of hydrogen-bond acceptors (Lipinski definition) is 2. The standard InChI is InChI=1S/C13H25BrO2/c1-4-12(2,15-3)11-16-13(10-14)8-6-5-7-9-13/h4-11H2,1-3H3. The summed E-state index contributed by atoms with van der Waals surface area (Å²) in [5, 5.41) is 0.948. The molecule has 1 atom stereocenters. The van der Waals surface area contributed by atoms with Gasteiger partial charge in [-0.25, -0.2) is 0 Å². The molecule has 3 heteroatoms. The van der Waals surface area contributed by atoms with Gasteiger partial charge >= 0.3 is 0 Å². The fourth-order valence-corrected chi connectivity index (χ4v) is 2.85. The van der Waals surface area contributed by atoms with E-state index < -0.39 is 0 Å². The molecule has 0 saturated heterocycles. The van der Waals surface area contributed by atoms with Crippen molar-refractivity contribution < 1.29 is 9.47 Å². The number of hydrogen-bond donors (Lipinski definition) is 0. The Morgan fingerprint density at radius 3 is 2.31 bits per heavy atom. The second kappa shape index (κ2) is 6.36. The molecule has 0 heterocycles. The molecule has 1 aliphatic rings. The summed E-state index contributed by atoms with van der Waals surface area (Å²) in [6, 6.07) is 0. The van der Waals surface area contributed by atoms with Crippen LogP contribution in [0.1, 0.15) is 52.4 Å². The summed E-state index contributed by atoms with van der Waals surface area (Å²) < 4.78 is 11.7. The second-order valence-corrected chi connectivity index (χ2v) is 5.73. The van der Waals surface area contributed by atoms with Crippen LogP contribution in [0.15, 0.2) is 0 Å². The first-order valence-electron chi connectivity index (χ1n) is 6.35. The van der Waals surface area contributed by atoms with E-state index in [1.165, 1.54) is 32.1 Å². The van der Waals surface area contributed by atoms with Gasteiger partial charge in [0.2, 0.25) is 0 Å². The molecule has 0 N–H and O–H groups in total. The van der Waals surface area contributed by atoms with Gasteiger partial charge in [0.25, 0.3) is 0 Å². The van der Waals surface area contributed by atoms with E-state index in [2.05, 4.69) is 29.8 Å². The molecule has 16 heavy (non-hydrogen) atoms. The molecule has 2 nitrogen and oxygen atoms in total. The molecule has 0 aromatic heterocycles. The highest BCUT2D eigenvalue weighted by atomic mass is 79.9. The summed E-state index contributed by atoms with van der Waals surface area (Å²) in [5.41, 5.74) is -0.0696. The van der Waals surface area contributed by atoms with Gasteiger partial charge in [-0.2, -0.15) is 0 Å². The maximum atomic E-state index is 6.19. The van der Waals surface area contributed by atoms with Crippen molar-refractivity contribution in [1.29, 1.82) is 0 Å². The Morgan fingerprint density at radius 1 is 1.25 bits per heavy atom. The largest absolute Gasteiger partial charge is 0.376 e. The fourth-order valence-electron chi connectivity index (χ4n) is 2.12. The molecule has 0 spiro atoms. The van der Waals surface area contributed by atoms with Crippen LogP contribution in [0.2, 0.25) is 0 Å². The summed E-state index contributed by atoms with van der Waals surface area (Å²) in [4.78, 5) is 0. The molecule has 1 unspecified atom stereocenters. The Kier molecular flexibility index (Phi) is 5.75. The summed E-state index contributed by atoms with van der Waals surface area (Å²) in [5.74, 6) is 0. The van der Waals surface area contributed by atoms with Crippen LogP contribution in [0, 0.1) is 0 Å². The molecular formula is C13H25BrO2. The smallest absolute Gasteiger partial charge is 0.0880 e. The number of ether oxygens (including phenoxy) is 2. The lowest BCUT2D eigenvalue weighted by molar-refractivity contribution is -0.129. The second-order valence-electron chi connectivity index (χ2n) is 5.17. The van der Waals surface area contributed by atoms with Crippen molar-refractivity contribution in [2.45, 2.75) is 63.6 Å². The first-order valence-corrected chi connectivity index (χ1v) is 7.47. The predicted octanol–water partition coefficient (Wildman–Crippen LogP) is 3.92. The van der Waals surface area contributed by atoms with E-state index in [4.69, 9.17) is 9.47 Å². The number of rotatable bonds is 6. The van der Waals surface area contributed by atoms with Gasteiger partial charge in [-0.1, -0.05) is 42.1 Å². The number of methoxy groups -OCH3 is 1. The molecule has 96 valence electrons. The average molecular weight is 293 g/mol. The molecule has 0 aliphatic heterocycles. The maximum absolute atomic E-state index is 6.19. The van der Waals surface area contributed by atoms with Gasteiger partial charge in [0.05, 0.1) is 17.8 Å². The average Bonchev–Trinajstić information content (AvgIpc) is 2.37. The van der Waals surface area contributed by atoms with Crippen molar-refractivity contribution in [3.05, 3.63) is 0 Å². The van der Waals surface area contributed by atoms with Crippen LogP contribution in [0.25, 0.3) is 0 Å². The SMILES string of the molecule is CCC(C)(COC1(CBr)CCCCC1)OC. The summed E-state index contributed by atoms with van der Waals surface area (Å²) in [7, 11) is 1.77. The van der Waals surface area contributed by atoms with Crippen LogP contribution in [-0.4, -0.2) is 30.2 Å². The van der Waals surface area contributed by atoms with E-state index in [1.807, 2.05) is 0 Å². The van der Waals surface area contributed by atoms with Gasteiger partial charge in [-0.3, -0.25) is 0 Å². The van der Waals surface area contributed by atoms with Crippen molar-refractivity contribution in [3.8, 4) is 0 Å². The van der Waals surface area contributed by atoms with Gasteiger partial charge in [-0.05, 0) is 26.2 Å². The lowest BCUT2D eigenvalue weighted by atomic mass is 9.86. The van der Waals surface area contributed by atoms with E-state index >= 15 is 0 Å². The van der Waals surface area contributed by atoms with Crippen molar-refractivity contribution in [3.63, 3.8) is 0 Å². The van der Waals surface area contributed by atoms with Crippen LogP contribution in [-0.2, 0) is 9.47 Å². The Bertz CT molecular complexity index is 196. The zero-order valence-corrected chi connectivity index (χ0v) is 12.4. The minimum atomic E-state index is -0.132. The molecule has 0 bridgehead atoms. The summed E-state index contributed by atoms with van der Waals surface area (Å²) in [6.45, 7) is 4.97. The zero-order valence-electron chi connectivity index (χ0n) is 10.9. The fraction of sp³-hybridized carbons (Fsp3) is 1.00.